The summed E-state index contributed by atoms with van der Waals surface area (Å²) >= 11 is 7.84. The Bertz CT molecular complexity index is 1560. The maximum absolute atomic E-state index is 12.9. The molecule has 0 unspecified atom stereocenters. The molecule has 5 rings (SSSR count). The minimum Gasteiger partial charge on any atom is -0.488 e. The zero-order chi connectivity index (χ0) is 26.1. The molecular weight excluding hydrogens is 522 g/mol. The summed E-state index contributed by atoms with van der Waals surface area (Å²) in [5.74, 6) is 0.759. The molecule has 1 fully saturated rings. The fraction of sp³-hybridized carbons (Fsp3) is 0.346. The summed E-state index contributed by atoms with van der Waals surface area (Å²) in [5, 5.41) is 3.95. The van der Waals surface area contributed by atoms with Gasteiger partial charge < -0.3 is 10.1 Å². The van der Waals surface area contributed by atoms with E-state index < -0.39 is 24.2 Å². The first kappa shape index (κ1) is 25.6. The molecule has 1 N–H and O–H groups in total. The van der Waals surface area contributed by atoms with Gasteiger partial charge in [-0.2, -0.15) is 0 Å². The number of ether oxygens (including phenoxy) is 1. The number of rotatable bonds is 7. The molecule has 1 atom stereocenters. The van der Waals surface area contributed by atoms with E-state index in [2.05, 4.69) is 10.3 Å². The Morgan fingerprint density at radius 2 is 2.08 bits per heavy atom. The number of fused-ring (bicyclic) bond motifs is 1. The highest BCUT2D eigenvalue weighted by atomic mass is 35.5. The zero-order valence-electron chi connectivity index (χ0n) is 20.0. The van der Waals surface area contributed by atoms with Crippen LogP contribution in [0.15, 0.2) is 52.3 Å². The molecule has 0 radical (unpaired) electrons. The maximum atomic E-state index is 12.9. The SMILES string of the molecule is Cc1cc(Cl)cc(-c2ccnc3cc(Cn4c(=O)ccn(CC(F)F)c4=O)sc23)c1O[C@H]1CCCNC1. The second-order valence-corrected chi connectivity index (χ2v) is 10.6. The van der Waals surface area contributed by atoms with Gasteiger partial charge in [0.25, 0.3) is 12.0 Å². The van der Waals surface area contributed by atoms with Crippen molar-refractivity contribution in [2.24, 2.45) is 0 Å². The summed E-state index contributed by atoms with van der Waals surface area (Å²) in [6.45, 7) is 2.89. The summed E-state index contributed by atoms with van der Waals surface area (Å²) in [4.78, 5) is 30.3. The Labute approximate surface area is 220 Å². The third-order valence-corrected chi connectivity index (χ3v) is 7.68. The average molecular weight is 547 g/mol. The van der Waals surface area contributed by atoms with E-state index >= 15 is 0 Å². The van der Waals surface area contributed by atoms with Crippen LogP contribution in [0, 0.1) is 6.92 Å². The predicted octanol–water partition coefficient (Wildman–Crippen LogP) is 4.69. The molecule has 0 aliphatic carbocycles. The minimum absolute atomic E-state index is 0.0453. The topological polar surface area (TPSA) is 78.2 Å². The number of thiophene rings is 1. The average Bonchev–Trinajstić information content (AvgIpc) is 3.28. The Kier molecular flexibility index (Phi) is 7.41. The van der Waals surface area contributed by atoms with E-state index in [1.165, 1.54) is 11.3 Å². The van der Waals surface area contributed by atoms with Crippen molar-refractivity contribution in [2.75, 3.05) is 13.1 Å². The van der Waals surface area contributed by atoms with Gasteiger partial charge in [0.2, 0.25) is 0 Å². The van der Waals surface area contributed by atoms with Crippen LogP contribution in [-0.2, 0) is 13.1 Å². The van der Waals surface area contributed by atoms with E-state index in [-0.39, 0.29) is 12.6 Å². The van der Waals surface area contributed by atoms with Gasteiger partial charge in [-0.05, 0) is 56.1 Å². The lowest BCUT2D eigenvalue weighted by atomic mass is 10.0. The summed E-state index contributed by atoms with van der Waals surface area (Å²) < 4.78 is 34.9. The summed E-state index contributed by atoms with van der Waals surface area (Å²) in [6.07, 6.45) is 2.13. The third kappa shape index (κ3) is 5.46. The van der Waals surface area contributed by atoms with E-state index in [1.807, 2.05) is 31.2 Å². The fourth-order valence-electron chi connectivity index (χ4n) is 4.60. The van der Waals surface area contributed by atoms with Gasteiger partial charge in [0.15, 0.2) is 0 Å². The number of nitrogens with one attached hydrogen (secondary N) is 1. The van der Waals surface area contributed by atoms with Gasteiger partial charge in [-0.3, -0.25) is 18.9 Å². The highest BCUT2D eigenvalue weighted by molar-refractivity contribution is 7.19. The number of aryl methyl sites for hydroxylation is 1. The lowest BCUT2D eigenvalue weighted by molar-refractivity contribution is 0.124. The Morgan fingerprint density at radius 1 is 1.24 bits per heavy atom. The van der Waals surface area contributed by atoms with Crippen molar-refractivity contribution in [3.05, 3.63) is 79.0 Å². The number of piperidine rings is 1. The van der Waals surface area contributed by atoms with E-state index in [1.54, 1.807) is 6.20 Å². The van der Waals surface area contributed by atoms with Crippen LogP contribution in [0.2, 0.25) is 5.02 Å². The standard InChI is InChI=1S/C26H25ClF2N4O3S/c1-15-9-16(27)10-20(24(15)36-17-3-2-6-30-12-17)19-4-7-31-21-11-18(37-25(19)21)13-33-23(34)5-8-32(26(33)35)14-22(28)29/h4-5,7-11,17,22,30H,2-3,6,12-14H2,1H3/t17-/m0/s1. The van der Waals surface area contributed by atoms with Crippen LogP contribution < -0.4 is 21.3 Å². The van der Waals surface area contributed by atoms with Crippen LogP contribution in [0.5, 0.6) is 5.75 Å². The molecule has 1 aromatic carbocycles. The van der Waals surface area contributed by atoms with E-state index in [0.29, 0.717) is 15.4 Å². The number of pyridine rings is 1. The number of hydrogen-bond donors (Lipinski definition) is 1. The Hall–Kier alpha value is -3.08. The molecule has 37 heavy (non-hydrogen) atoms. The Morgan fingerprint density at radius 3 is 2.84 bits per heavy atom. The smallest absolute Gasteiger partial charge is 0.331 e. The number of benzene rings is 1. The van der Waals surface area contributed by atoms with Crippen LogP contribution in [0.3, 0.4) is 0 Å². The molecule has 3 aromatic heterocycles. The number of aromatic nitrogens is 3. The molecule has 1 aliphatic rings. The van der Waals surface area contributed by atoms with Crippen LogP contribution >= 0.6 is 22.9 Å². The number of hydrogen-bond acceptors (Lipinski definition) is 6. The molecule has 7 nitrogen and oxygen atoms in total. The third-order valence-electron chi connectivity index (χ3n) is 6.32. The van der Waals surface area contributed by atoms with Crippen LogP contribution in [0.25, 0.3) is 21.3 Å². The predicted molar refractivity (Wildman–Crippen MR) is 141 cm³/mol. The summed E-state index contributed by atoms with van der Waals surface area (Å²) in [7, 11) is 0. The molecule has 11 heteroatoms. The molecule has 0 spiro atoms. The number of nitrogens with zero attached hydrogens (tertiary/aromatic N) is 3. The first-order valence-corrected chi connectivity index (χ1v) is 13.1. The van der Waals surface area contributed by atoms with Crippen LogP contribution in [-0.4, -0.2) is 39.7 Å². The summed E-state index contributed by atoms with van der Waals surface area (Å²) in [6, 6.07) is 8.58. The first-order valence-electron chi connectivity index (χ1n) is 11.9. The van der Waals surface area contributed by atoms with Gasteiger partial charge in [0.1, 0.15) is 11.9 Å². The molecule has 0 bridgehead atoms. The van der Waals surface area contributed by atoms with Gasteiger partial charge >= 0.3 is 5.69 Å². The highest BCUT2D eigenvalue weighted by Crippen LogP contribution is 2.42. The molecular formula is C26H25ClF2N4O3S. The van der Waals surface area contributed by atoms with E-state index in [4.69, 9.17) is 16.3 Å². The van der Waals surface area contributed by atoms with Crippen LogP contribution in [0.4, 0.5) is 8.78 Å². The van der Waals surface area contributed by atoms with Gasteiger partial charge in [0, 0.05) is 46.0 Å². The summed E-state index contributed by atoms with van der Waals surface area (Å²) in [5.41, 5.74) is 2.00. The zero-order valence-corrected chi connectivity index (χ0v) is 21.6. The van der Waals surface area contributed by atoms with Gasteiger partial charge in [-0.25, -0.2) is 13.6 Å². The largest absolute Gasteiger partial charge is 0.488 e. The van der Waals surface area contributed by atoms with Crippen molar-refractivity contribution in [1.29, 1.82) is 0 Å². The van der Waals surface area contributed by atoms with Gasteiger partial charge in [-0.1, -0.05) is 11.6 Å². The second-order valence-electron chi connectivity index (χ2n) is 9.04. The first-order chi connectivity index (χ1) is 17.8. The van der Waals surface area contributed by atoms with E-state index in [0.717, 1.165) is 74.5 Å². The molecule has 0 saturated carbocycles. The molecule has 1 aliphatic heterocycles. The van der Waals surface area contributed by atoms with Crippen molar-refractivity contribution in [1.82, 2.24) is 19.4 Å². The molecule has 4 aromatic rings. The molecule has 1 saturated heterocycles. The lowest BCUT2D eigenvalue weighted by Gasteiger charge is -2.26. The quantitative estimate of drug-likeness (QED) is 0.364. The van der Waals surface area contributed by atoms with Crippen molar-refractivity contribution in [3.63, 3.8) is 0 Å². The van der Waals surface area contributed by atoms with Crippen LogP contribution in [0.1, 0.15) is 23.3 Å². The van der Waals surface area contributed by atoms with E-state index in [9.17, 15) is 18.4 Å². The normalized spacial score (nSPS) is 16.0. The van der Waals surface area contributed by atoms with Gasteiger partial charge in [-0.15, -0.1) is 11.3 Å². The minimum atomic E-state index is -2.71. The fourth-order valence-corrected chi connectivity index (χ4v) is 6.00. The molecule has 4 heterocycles. The lowest BCUT2D eigenvalue weighted by Crippen LogP contribution is -2.39. The van der Waals surface area contributed by atoms with Crippen molar-refractivity contribution in [3.8, 4) is 16.9 Å². The van der Waals surface area contributed by atoms with Crippen molar-refractivity contribution < 1.29 is 13.5 Å². The Balaban J connectivity index is 1.56. The monoisotopic (exact) mass is 546 g/mol. The highest BCUT2D eigenvalue weighted by Gasteiger charge is 2.21. The number of halogens is 3. The van der Waals surface area contributed by atoms with Crippen molar-refractivity contribution >= 4 is 33.2 Å². The molecule has 194 valence electrons. The van der Waals surface area contributed by atoms with Crippen molar-refractivity contribution in [2.45, 2.75) is 45.4 Å². The van der Waals surface area contributed by atoms with Gasteiger partial charge in [0.05, 0.1) is 23.3 Å². The second kappa shape index (κ2) is 10.7. The maximum Gasteiger partial charge on any atom is 0.331 e. The number of alkyl halides is 2. The molecule has 0 amide bonds.